The molecular formula is C16H26N2O. The van der Waals surface area contributed by atoms with Crippen molar-refractivity contribution in [2.24, 2.45) is 11.7 Å². The third kappa shape index (κ3) is 2.93. The summed E-state index contributed by atoms with van der Waals surface area (Å²) < 4.78 is 0. The zero-order valence-corrected chi connectivity index (χ0v) is 12.3. The van der Waals surface area contributed by atoms with Crippen LogP contribution in [0.3, 0.4) is 0 Å². The summed E-state index contributed by atoms with van der Waals surface area (Å²) in [6, 6.07) is 6.59. The molecule has 1 aromatic rings. The minimum Gasteiger partial charge on any atom is -0.508 e. The van der Waals surface area contributed by atoms with E-state index in [2.05, 4.69) is 31.9 Å². The van der Waals surface area contributed by atoms with Crippen LogP contribution in [0.25, 0.3) is 0 Å². The van der Waals surface area contributed by atoms with Crippen molar-refractivity contribution in [2.75, 3.05) is 13.6 Å². The van der Waals surface area contributed by atoms with Crippen molar-refractivity contribution < 1.29 is 5.11 Å². The molecule has 0 spiro atoms. The first-order chi connectivity index (χ1) is 9.04. The molecule has 19 heavy (non-hydrogen) atoms. The van der Waals surface area contributed by atoms with Gasteiger partial charge >= 0.3 is 0 Å². The molecule has 3 unspecified atom stereocenters. The summed E-state index contributed by atoms with van der Waals surface area (Å²) >= 11 is 0. The summed E-state index contributed by atoms with van der Waals surface area (Å²) in [4.78, 5) is 2.39. The lowest BCUT2D eigenvalue weighted by atomic mass is 9.97. The number of rotatable bonds is 4. The smallest absolute Gasteiger partial charge is 0.120 e. The number of aromatic hydroxyl groups is 1. The largest absolute Gasteiger partial charge is 0.508 e. The Bertz CT molecular complexity index is 433. The van der Waals surface area contributed by atoms with Gasteiger partial charge in [0.05, 0.1) is 0 Å². The van der Waals surface area contributed by atoms with E-state index < -0.39 is 0 Å². The minimum absolute atomic E-state index is 0.219. The van der Waals surface area contributed by atoms with Gasteiger partial charge in [0, 0.05) is 17.6 Å². The summed E-state index contributed by atoms with van der Waals surface area (Å²) in [5.74, 6) is 0.992. The highest BCUT2D eigenvalue weighted by atomic mass is 16.3. The Labute approximate surface area is 116 Å². The standard InChI is InChI=1S/C16H26N2O/c1-11-7-8-16(19)14(9-11)12(2)18(3)15-6-4-5-13(15)10-17/h7-9,12-13,15,19H,4-6,10,17H2,1-3H3. The first-order valence-electron chi connectivity index (χ1n) is 7.26. The number of nitrogens with zero attached hydrogens (tertiary/aromatic N) is 1. The van der Waals surface area contributed by atoms with Gasteiger partial charge < -0.3 is 10.8 Å². The molecule has 1 aliphatic carbocycles. The molecule has 0 aliphatic heterocycles. The molecule has 0 aromatic heterocycles. The van der Waals surface area contributed by atoms with Crippen LogP contribution in [0.15, 0.2) is 18.2 Å². The van der Waals surface area contributed by atoms with Crippen LogP contribution < -0.4 is 5.73 Å². The summed E-state index contributed by atoms with van der Waals surface area (Å²) in [6.07, 6.45) is 3.72. The Hall–Kier alpha value is -1.06. The lowest BCUT2D eigenvalue weighted by Gasteiger charge is -2.34. The van der Waals surface area contributed by atoms with Crippen LogP contribution in [-0.2, 0) is 0 Å². The molecule has 3 heteroatoms. The van der Waals surface area contributed by atoms with Gasteiger partial charge in [0.1, 0.15) is 5.75 Å². The maximum atomic E-state index is 10.1. The molecule has 0 radical (unpaired) electrons. The third-order valence-corrected chi connectivity index (χ3v) is 4.69. The molecule has 3 N–H and O–H groups in total. The lowest BCUT2D eigenvalue weighted by molar-refractivity contribution is 0.150. The van der Waals surface area contributed by atoms with Crippen LogP contribution in [0, 0.1) is 12.8 Å². The molecule has 0 amide bonds. The highest BCUT2D eigenvalue weighted by Gasteiger charge is 2.32. The van der Waals surface area contributed by atoms with Crippen LogP contribution in [-0.4, -0.2) is 29.6 Å². The summed E-state index contributed by atoms with van der Waals surface area (Å²) in [7, 11) is 2.16. The molecule has 2 rings (SSSR count). The maximum absolute atomic E-state index is 10.1. The normalized spacial score (nSPS) is 24.9. The predicted molar refractivity (Wildman–Crippen MR) is 79.2 cm³/mol. The quantitative estimate of drug-likeness (QED) is 0.877. The molecule has 0 bridgehead atoms. The zero-order chi connectivity index (χ0) is 14.0. The second kappa shape index (κ2) is 5.93. The van der Waals surface area contributed by atoms with Gasteiger partial charge in [0.2, 0.25) is 0 Å². The van der Waals surface area contributed by atoms with Crippen molar-refractivity contribution in [3.8, 4) is 5.75 Å². The Morgan fingerprint density at radius 3 is 2.84 bits per heavy atom. The van der Waals surface area contributed by atoms with Crippen molar-refractivity contribution in [1.82, 2.24) is 4.90 Å². The van der Waals surface area contributed by atoms with Crippen molar-refractivity contribution >= 4 is 0 Å². The fraction of sp³-hybridized carbons (Fsp3) is 0.625. The van der Waals surface area contributed by atoms with Gasteiger partial charge in [0.15, 0.2) is 0 Å². The zero-order valence-electron chi connectivity index (χ0n) is 12.3. The molecule has 1 fully saturated rings. The minimum atomic E-state index is 0.219. The van der Waals surface area contributed by atoms with Crippen molar-refractivity contribution in [2.45, 2.75) is 45.2 Å². The first-order valence-corrected chi connectivity index (χ1v) is 7.26. The Balaban J connectivity index is 2.18. The van der Waals surface area contributed by atoms with Crippen LogP contribution in [0.5, 0.6) is 5.75 Å². The molecule has 1 saturated carbocycles. The van der Waals surface area contributed by atoms with E-state index in [9.17, 15) is 5.11 Å². The van der Waals surface area contributed by atoms with Gasteiger partial charge in [-0.1, -0.05) is 24.1 Å². The fourth-order valence-corrected chi connectivity index (χ4v) is 3.34. The lowest BCUT2D eigenvalue weighted by Crippen LogP contribution is -2.39. The number of aryl methyl sites for hydroxylation is 1. The number of benzene rings is 1. The van der Waals surface area contributed by atoms with Gasteiger partial charge in [0.25, 0.3) is 0 Å². The van der Waals surface area contributed by atoms with Gasteiger partial charge in [-0.25, -0.2) is 0 Å². The number of nitrogens with two attached hydrogens (primary N) is 1. The topological polar surface area (TPSA) is 49.5 Å². The average Bonchev–Trinajstić information content (AvgIpc) is 2.88. The molecule has 3 atom stereocenters. The Morgan fingerprint density at radius 2 is 2.16 bits per heavy atom. The predicted octanol–water partition coefficient (Wildman–Crippen LogP) is 2.82. The number of phenolic OH excluding ortho intramolecular Hbond substituents is 1. The van der Waals surface area contributed by atoms with E-state index >= 15 is 0 Å². The molecule has 1 aromatic carbocycles. The highest BCUT2D eigenvalue weighted by molar-refractivity contribution is 5.37. The molecular weight excluding hydrogens is 236 g/mol. The van der Waals surface area contributed by atoms with Crippen LogP contribution in [0.2, 0.25) is 0 Å². The molecule has 106 valence electrons. The number of hydrogen-bond donors (Lipinski definition) is 2. The van der Waals surface area contributed by atoms with Crippen molar-refractivity contribution in [3.05, 3.63) is 29.3 Å². The Morgan fingerprint density at radius 1 is 1.42 bits per heavy atom. The SMILES string of the molecule is Cc1ccc(O)c(C(C)N(C)C2CCCC2CN)c1. The Kier molecular flexibility index (Phi) is 4.48. The monoisotopic (exact) mass is 262 g/mol. The molecule has 0 heterocycles. The van der Waals surface area contributed by atoms with Gasteiger partial charge in [-0.2, -0.15) is 0 Å². The van der Waals surface area contributed by atoms with E-state index in [1.165, 1.54) is 24.8 Å². The molecule has 3 nitrogen and oxygen atoms in total. The van der Waals surface area contributed by atoms with Crippen molar-refractivity contribution in [1.29, 1.82) is 0 Å². The highest BCUT2D eigenvalue weighted by Crippen LogP contribution is 2.35. The average molecular weight is 262 g/mol. The molecule has 1 aliphatic rings. The molecule has 0 saturated heterocycles. The van der Waals surface area contributed by atoms with E-state index in [0.29, 0.717) is 17.7 Å². The van der Waals surface area contributed by atoms with Crippen LogP contribution in [0.1, 0.15) is 43.4 Å². The second-order valence-corrected chi connectivity index (χ2v) is 5.90. The number of phenols is 1. The number of hydrogen-bond acceptors (Lipinski definition) is 3. The van der Waals surface area contributed by atoms with Gasteiger partial charge in [-0.15, -0.1) is 0 Å². The summed E-state index contributed by atoms with van der Waals surface area (Å²) in [6.45, 7) is 5.00. The first kappa shape index (κ1) is 14.4. The maximum Gasteiger partial charge on any atom is 0.120 e. The van der Waals surface area contributed by atoms with E-state index in [1.54, 1.807) is 6.07 Å². The van der Waals surface area contributed by atoms with Crippen LogP contribution in [0.4, 0.5) is 0 Å². The van der Waals surface area contributed by atoms with Gasteiger partial charge in [-0.3, -0.25) is 4.90 Å². The van der Waals surface area contributed by atoms with E-state index in [-0.39, 0.29) is 6.04 Å². The van der Waals surface area contributed by atoms with Crippen molar-refractivity contribution in [3.63, 3.8) is 0 Å². The summed E-state index contributed by atoms with van der Waals surface area (Å²) in [5.41, 5.74) is 8.09. The second-order valence-electron chi connectivity index (χ2n) is 5.90. The van der Waals surface area contributed by atoms with Gasteiger partial charge in [-0.05, 0) is 52.3 Å². The van der Waals surface area contributed by atoms with E-state index in [0.717, 1.165) is 12.1 Å². The summed E-state index contributed by atoms with van der Waals surface area (Å²) in [5, 5.41) is 10.1. The van der Waals surface area contributed by atoms with E-state index in [4.69, 9.17) is 5.73 Å². The fourth-order valence-electron chi connectivity index (χ4n) is 3.34. The van der Waals surface area contributed by atoms with Crippen LogP contribution >= 0.6 is 0 Å². The third-order valence-electron chi connectivity index (χ3n) is 4.69. The van der Waals surface area contributed by atoms with E-state index in [1.807, 2.05) is 6.07 Å².